The van der Waals surface area contributed by atoms with E-state index >= 15 is 0 Å². The largest absolute Gasteiger partial charge is 0.507 e. The van der Waals surface area contributed by atoms with E-state index in [-0.39, 0.29) is 29.7 Å². The number of amides is 1. The minimum absolute atomic E-state index is 0.0296. The Bertz CT molecular complexity index is 1010. The minimum atomic E-state index is -0.852. The molecule has 2 aliphatic heterocycles. The number of nitro benzene ring substituents is 1. The highest BCUT2D eigenvalue weighted by atomic mass is 16.6. The van der Waals surface area contributed by atoms with E-state index in [1.807, 2.05) is 0 Å². The third kappa shape index (κ3) is 3.57. The predicted molar refractivity (Wildman–Crippen MR) is 108 cm³/mol. The van der Waals surface area contributed by atoms with E-state index < -0.39 is 22.7 Å². The minimum Gasteiger partial charge on any atom is -0.507 e. The molecule has 154 valence electrons. The monoisotopic (exact) mass is 408 g/mol. The molecular weight excluding hydrogens is 388 g/mol. The molecule has 2 heterocycles. The normalized spacial score (nSPS) is 23.1. The number of Topliss-reactive ketones (excluding diaryl/α,β-unsaturated/α-hetero) is 1. The van der Waals surface area contributed by atoms with Gasteiger partial charge in [-0.15, -0.1) is 0 Å². The zero-order chi connectivity index (χ0) is 21.3. The Labute approximate surface area is 172 Å². The van der Waals surface area contributed by atoms with Crippen LogP contribution >= 0.6 is 0 Å². The van der Waals surface area contributed by atoms with Crippen LogP contribution in [0, 0.1) is 10.1 Å². The van der Waals surface area contributed by atoms with Gasteiger partial charge in [0.15, 0.2) is 0 Å². The third-order valence-corrected chi connectivity index (χ3v) is 5.43. The summed E-state index contributed by atoms with van der Waals surface area (Å²) in [7, 11) is 0. The molecule has 0 bridgehead atoms. The lowest BCUT2D eigenvalue weighted by molar-refractivity contribution is -0.384. The number of hydrogen-bond donors (Lipinski definition) is 1. The molecule has 0 spiro atoms. The molecular formula is C22H20N2O6. The van der Waals surface area contributed by atoms with E-state index in [0.717, 1.165) is 12.8 Å². The third-order valence-electron chi connectivity index (χ3n) is 5.43. The van der Waals surface area contributed by atoms with Crippen LogP contribution in [0.3, 0.4) is 0 Å². The molecule has 0 radical (unpaired) electrons. The zero-order valence-electron chi connectivity index (χ0n) is 16.1. The lowest BCUT2D eigenvalue weighted by atomic mass is 9.95. The van der Waals surface area contributed by atoms with Gasteiger partial charge in [0.2, 0.25) is 0 Å². The van der Waals surface area contributed by atoms with Crippen LogP contribution in [0.5, 0.6) is 0 Å². The molecule has 2 saturated heterocycles. The summed E-state index contributed by atoms with van der Waals surface area (Å²) in [5.74, 6) is -1.77. The average Bonchev–Trinajstić information content (AvgIpc) is 3.36. The van der Waals surface area contributed by atoms with Crippen LogP contribution < -0.4 is 0 Å². The van der Waals surface area contributed by atoms with Crippen molar-refractivity contribution >= 4 is 23.1 Å². The Hall–Kier alpha value is -3.52. The fourth-order valence-electron chi connectivity index (χ4n) is 3.95. The smallest absolute Gasteiger partial charge is 0.295 e. The Morgan fingerprint density at radius 2 is 1.83 bits per heavy atom. The fraction of sp³-hybridized carbons (Fsp3) is 0.273. The summed E-state index contributed by atoms with van der Waals surface area (Å²) in [5.41, 5.74) is 0.797. The second-order valence-corrected chi connectivity index (χ2v) is 7.30. The van der Waals surface area contributed by atoms with Crippen LogP contribution in [0.25, 0.3) is 5.76 Å². The van der Waals surface area contributed by atoms with Crippen LogP contribution in [0.1, 0.15) is 30.0 Å². The highest BCUT2D eigenvalue weighted by Gasteiger charge is 2.47. The van der Waals surface area contributed by atoms with Gasteiger partial charge in [-0.3, -0.25) is 19.7 Å². The molecule has 4 rings (SSSR count). The number of nitrogens with zero attached hydrogens (tertiary/aromatic N) is 2. The number of non-ortho nitro benzene ring substituents is 1. The van der Waals surface area contributed by atoms with Crippen LogP contribution in [0.4, 0.5) is 5.69 Å². The first-order valence-corrected chi connectivity index (χ1v) is 9.67. The molecule has 30 heavy (non-hydrogen) atoms. The second-order valence-electron chi connectivity index (χ2n) is 7.30. The number of carbonyl (C=O) groups is 2. The molecule has 2 aromatic carbocycles. The predicted octanol–water partition coefficient (Wildman–Crippen LogP) is 3.20. The van der Waals surface area contributed by atoms with E-state index in [0.29, 0.717) is 17.7 Å². The van der Waals surface area contributed by atoms with Gasteiger partial charge in [0, 0.05) is 30.8 Å². The van der Waals surface area contributed by atoms with Crippen molar-refractivity contribution < 1.29 is 24.4 Å². The molecule has 1 amide bonds. The second kappa shape index (κ2) is 8.08. The number of ether oxygens (including phenoxy) is 1. The standard InChI is InChI=1S/C22H20N2O6/c25-20(15-5-2-1-3-6-15)18-19(14-8-10-16(11-9-14)24(28)29)23(22(27)21(18)26)13-17-7-4-12-30-17/h1-3,5-6,8-11,17,19,25H,4,7,12-13H2/t17-,19+/m0/s1. The van der Waals surface area contributed by atoms with Crippen molar-refractivity contribution in [1.29, 1.82) is 0 Å². The maximum absolute atomic E-state index is 12.9. The molecule has 0 aromatic heterocycles. The van der Waals surface area contributed by atoms with Gasteiger partial charge < -0.3 is 14.7 Å². The first-order chi connectivity index (χ1) is 14.5. The molecule has 1 N–H and O–H groups in total. The topological polar surface area (TPSA) is 110 Å². The number of likely N-dealkylation sites (tertiary alicyclic amines) is 1. The van der Waals surface area contributed by atoms with Gasteiger partial charge in [-0.05, 0) is 30.5 Å². The average molecular weight is 408 g/mol. The van der Waals surface area contributed by atoms with Crippen molar-refractivity contribution in [3.63, 3.8) is 0 Å². The Morgan fingerprint density at radius 3 is 2.43 bits per heavy atom. The molecule has 0 aliphatic carbocycles. The SMILES string of the molecule is O=C1C(=O)N(C[C@@H]2CCCO2)[C@H](c2ccc([N+](=O)[O-])cc2)C1=C(O)c1ccccc1. The molecule has 2 aliphatic rings. The molecule has 2 fully saturated rings. The number of rotatable bonds is 5. The van der Waals surface area contributed by atoms with Crippen molar-refractivity contribution in [1.82, 2.24) is 4.90 Å². The first-order valence-electron chi connectivity index (χ1n) is 9.67. The van der Waals surface area contributed by atoms with E-state index in [2.05, 4.69) is 0 Å². The number of carbonyl (C=O) groups excluding carboxylic acids is 2. The summed E-state index contributed by atoms with van der Waals surface area (Å²) in [6, 6.07) is 13.3. The van der Waals surface area contributed by atoms with Crippen LogP contribution in [-0.4, -0.2) is 45.9 Å². The van der Waals surface area contributed by atoms with E-state index in [9.17, 15) is 24.8 Å². The molecule has 8 heteroatoms. The first kappa shape index (κ1) is 19.8. The van der Waals surface area contributed by atoms with Gasteiger partial charge >= 0.3 is 0 Å². The zero-order valence-corrected chi connectivity index (χ0v) is 16.1. The maximum atomic E-state index is 12.9. The van der Waals surface area contributed by atoms with Gasteiger partial charge in [0.25, 0.3) is 17.4 Å². The lowest BCUT2D eigenvalue weighted by Gasteiger charge is -2.27. The van der Waals surface area contributed by atoms with Crippen molar-refractivity contribution in [2.45, 2.75) is 25.0 Å². The molecule has 2 atom stereocenters. The highest BCUT2D eigenvalue weighted by molar-refractivity contribution is 6.46. The Balaban J connectivity index is 1.81. The highest BCUT2D eigenvalue weighted by Crippen LogP contribution is 2.40. The summed E-state index contributed by atoms with van der Waals surface area (Å²) in [6.45, 7) is 0.804. The van der Waals surface area contributed by atoms with Gasteiger partial charge in [-0.2, -0.15) is 0 Å². The van der Waals surface area contributed by atoms with Crippen LogP contribution in [-0.2, 0) is 14.3 Å². The van der Waals surface area contributed by atoms with Crippen LogP contribution in [0.15, 0.2) is 60.2 Å². The summed E-state index contributed by atoms with van der Waals surface area (Å²) in [5, 5.41) is 21.9. The number of benzene rings is 2. The van der Waals surface area contributed by atoms with E-state index in [1.165, 1.54) is 29.2 Å². The number of aliphatic hydroxyl groups is 1. The van der Waals surface area contributed by atoms with Crippen molar-refractivity contribution in [3.8, 4) is 0 Å². The molecule has 0 saturated carbocycles. The van der Waals surface area contributed by atoms with E-state index in [1.54, 1.807) is 30.3 Å². The van der Waals surface area contributed by atoms with Gasteiger partial charge in [0.1, 0.15) is 5.76 Å². The number of ketones is 1. The van der Waals surface area contributed by atoms with Crippen molar-refractivity contribution in [2.75, 3.05) is 13.2 Å². The number of hydrogen-bond acceptors (Lipinski definition) is 6. The maximum Gasteiger partial charge on any atom is 0.295 e. The summed E-state index contributed by atoms with van der Waals surface area (Å²) < 4.78 is 5.64. The molecule has 2 aromatic rings. The lowest BCUT2D eigenvalue weighted by Crippen LogP contribution is -2.36. The van der Waals surface area contributed by atoms with E-state index in [4.69, 9.17) is 4.74 Å². The molecule has 0 unspecified atom stereocenters. The fourth-order valence-corrected chi connectivity index (χ4v) is 3.95. The molecule has 8 nitrogen and oxygen atoms in total. The van der Waals surface area contributed by atoms with Gasteiger partial charge in [0.05, 0.1) is 22.6 Å². The van der Waals surface area contributed by atoms with Gasteiger partial charge in [-0.25, -0.2) is 0 Å². The van der Waals surface area contributed by atoms with Gasteiger partial charge in [-0.1, -0.05) is 30.3 Å². The summed E-state index contributed by atoms with van der Waals surface area (Å²) in [4.78, 5) is 37.7. The number of aliphatic hydroxyl groups excluding tert-OH is 1. The Kier molecular flexibility index (Phi) is 5.33. The number of nitro groups is 1. The summed E-state index contributed by atoms with van der Waals surface area (Å²) >= 11 is 0. The van der Waals surface area contributed by atoms with Crippen LogP contribution in [0.2, 0.25) is 0 Å². The van der Waals surface area contributed by atoms with Crippen molar-refractivity contribution in [3.05, 3.63) is 81.4 Å². The van der Waals surface area contributed by atoms with Crippen molar-refractivity contribution in [2.24, 2.45) is 0 Å². The summed E-state index contributed by atoms with van der Waals surface area (Å²) in [6.07, 6.45) is 1.45. The quantitative estimate of drug-likeness (QED) is 0.267. The Morgan fingerprint density at radius 1 is 1.13 bits per heavy atom.